The van der Waals surface area contributed by atoms with Crippen molar-refractivity contribution in [1.82, 2.24) is 9.80 Å². The van der Waals surface area contributed by atoms with E-state index in [9.17, 15) is 9.59 Å². The van der Waals surface area contributed by atoms with Crippen LogP contribution in [0, 0.1) is 0 Å². The number of piperazine rings is 1. The first-order valence-corrected chi connectivity index (χ1v) is 11.3. The number of carbonyl (C=O) groups is 2. The lowest BCUT2D eigenvalue weighted by Gasteiger charge is -2.36. The van der Waals surface area contributed by atoms with Crippen molar-refractivity contribution >= 4 is 29.3 Å². The molecule has 0 aliphatic carbocycles. The number of rotatable bonds is 6. The van der Waals surface area contributed by atoms with Crippen LogP contribution in [0.2, 0.25) is 0 Å². The number of thioether (sulfide) groups is 1. The van der Waals surface area contributed by atoms with Gasteiger partial charge >= 0.3 is 0 Å². The predicted molar refractivity (Wildman–Crippen MR) is 118 cm³/mol. The highest BCUT2D eigenvalue weighted by Gasteiger charge is 2.28. The third kappa shape index (κ3) is 4.82. The first-order valence-electron chi connectivity index (χ1n) is 10.3. The summed E-state index contributed by atoms with van der Waals surface area (Å²) in [6, 6.07) is 18.1. The molecule has 0 radical (unpaired) electrons. The second kappa shape index (κ2) is 9.46. The SMILES string of the molecule is O=C1CSc2ccccc2C(=O)N1CCCCN1CCN(c2ccccc2)CC1. The summed E-state index contributed by atoms with van der Waals surface area (Å²) in [4.78, 5) is 32.5. The van der Waals surface area contributed by atoms with E-state index in [0.29, 0.717) is 17.9 Å². The summed E-state index contributed by atoms with van der Waals surface area (Å²) in [6.07, 6.45) is 1.85. The third-order valence-electron chi connectivity index (χ3n) is 5.61. The lowest BCUT2D eigenvalue weighted by atomic mass is 10.1. The smallest absolute Gasteiger partial charge is 0.261 e. The summed E-state index contributed by atoms with van der Waals surface area (Å²) in [5.74, 6) is 0.115. The second-order valence-electron chi connectivity index (χ2n) is 7.51. The van der Waals surface area contributed by atoms with E-state index in [1.54, 1.807) is 0 Å². The molecule has 6 heteroatoms. The molecule has 0 N–H and O–H groups in total. The number of carbonyl (C=O) groups excluding carboxylic acids is 2. The molecule has 0 bridgehead atoms. The number of benzene rings is 2. The molecule has 2 aliphatic heterocycles. The molecular weight excluding hydrogens is 382 g/mol. The van der Waals surface area contributed by atoms with E-state index in [1.165, 1.54) is 22.3 Å². The van der Waals surface area contributed by atoms with Crippen LogP contribution in [0.5, 0.6) is 0 Å². The van der Waals surface area contributed by atoms with E-state index < -0.39 is 0 Å². The number of amides is 2. The Morgan fingerprint density at radius 1 is 0.793 bits per heavy atom. The van der Waals surface area contributed by atoms with E-state index in [4.69, 9.17) is 0 Å². The van der Waals surface area contributed by atoms with Crippen LogP contribution in [0.1, 0.15) is 23.2 Å². The molecule has 2 aromatic rings. The number of imide groups is 1. The fourth-order valence-corrected chi connectivity index (χ4v) is 4.87. The first-order chi connectivity index (χ1) is 14.2. The number of anilines is 1. The van der Waals surface area contributed by atoms with Crippen LogP contribution in [0.3, 0.4) is 0 Å². The number of hydrogen-bond acceptors (Lipinski definition) is 5. The Kier molecular flexibility index (Phi) is 6.52. The molecule has 2 heterocycles. The maximum Gasteiger partial charge on any atom is 0.261 e. The first kappa shape index (κ1) is 20.0. The molecule has 1 saturated heterocycles. The molecule has 0 unspecified atom stereocenters. The molecule has 0 atom stereocenters. The molecule has 0 aromatic heterocycles. The molecule has 29 heavy (non-hydrogen) atoms. The van der Waals surface area contributed by atoms with Crippen LogP contribution in [0.15, 0.2) is 59.5 Å². The number of fused-ring (bicyclic) bond motifs is 1. The highest BCUT2D eigenvalue weighted by molar-refractivity contribution is 8.00. The Morgan fingerprint density at radius 2 is 1.48 bits per heavy atom. The lowest BCUT2D eigenvalue weighted by molar-refractivity contribution is -0.125. The molecule has 0 spiro atoms. The van der Waals surface area contributed by atoms with Crippen LogP contribution in [0.4, 0.5) is 5.69 Å². The fraction of sp³-hybridized carbons (Fsp3) is 0.391. The van der Waals surface area contributed by atoms with Crippen molar-refractivity contribution in [2.45, 2.75) is 17.7 Å². The van der Waals surface area contributed by atoms with Gasteiger partial charge in [0, 0.05) is 43.3 Å². The van der Waals surface area contributed by atoms with E-state index in [2.05, 4.69) is 40.1 Å². The van der Waals surface area contributed by atoms with E-state index in [1.807, 2.05) is 24.3 Å². The molecular formula is C23H27N3O2S. The van der Waals surface area contributed by atoms with Gasteiger partial charge in [0.2, 0.25) is 5.91 Å². The van der Waals surface area contributed by atoms with Gasteiger partial charge in [-0.25, -0.2) is 0 Å². The van der Waals surface area contributed by atoms with Crippen LogP contribution in [0.25, 0.3) is 0 Å². The van der Waals surface area contributed by atoms with Gasteiger partial charge in [0.25, 0.3) is 5.91 Å². The van der Waals surface area contributed by atoms with Crippen molar-refractivity contribution < 1.29 is 9.59 Å². The number of hydrogen-bond donors (Lipinski definition) is 0. The molecule has 0 saturated carbocycles. The quantitative estimate of drug-likeness (QED) is 0.541. The molecule has 1 fully saturated rings. The third-order valence-corrected chi connectivity index (χ3v) is 6.67. The minimum Gasteiger partial charge on any atom is -0.369 e. The summed E-state index contributed by atoms with van der Waals surface area (Å²) in [6.45, 7) is 5.73. The summed E-state index contributed by atoms with van der Waals surface area (Å²) in [5, 5.41) is 0. The zero-order valence-corrected chi connectivity index (χ0v) is 17.4. The Bertz CT molecular complexity index is 850. The second-order valence-corrected chi connectivity index (χ2v) is 8.52. The highest BCUT2D eigenvalue weighted by Crippen LogP contribution is 2.27. The maximum atomic E-state index is 12.8. The standard InChI is InChI=1S/C23H27N3O2S/c27-22-18-29-21-11-5-4-10-20(21)23(28)26(22)13-7-6-12-24-14-16-25(17-15-24)19-8-2-1-3-9-19/h1-5,8-11H,6-7,12-18H2. The van der Waals surface area contributed by atoms with Gasteiger partial charge in [-0.1, -0.05) is 30.3 Å². The monoisotopic (exact) mass is 409 g/mol. The summed E-state index contributed by atoms with van der Waals surface area (Å²) in [7, 11) is 0. The van der Waals surface area contributed by atoms with E-state index in [0.717, 1.165) is 50.5 Å². The van der Waals surface area contributed by atoms with Gasteiger partial charge in [0.15, 0.2) is 0 Å². The Labute approximate surface area is 176 Å². The van der Waals surface area contributed by atoms with Crippen molar-refractivity contribution in [3.63, 3.8) is 0 Å². The van der Waals surface area contributed by atoms with Gasteiger partial charge in [0.1, 0.15) is 0 Å². The van der Waals surface area contributed by atoms with Gasteiger partial charge in [-0.05, 0) is 43.7 Å². The van der Waals surface area contributed by atoms with Gasteiger partial charge in [-0.2, -0.15) is 0 Å². The maximum absolute atomic E-state index is 12.8. The van der Waals surface area contributed by atoms with Crippen LogP contribution in [-0.4, -0.2) is 66.6 Å². The Balaban J connectivity index is 1.23. The van der Waals surface area contributed by atoms with Crippen molar-refractivity contribution in [2.75, 3.05) is 49.9 Å². The molecule has 152 valence electrons. The van der Waals surface area contributed by atoms with Crippen LogP contribution in [-0.2, 0) is 4.79 Å². The molecule has 2 aromatic carbocycles. The van der Waals surface area contributed by atoms with Crippen LogP contribution >= 0.6 is 11.8 Å². The zero-order chi connectivity index (χ0) is 20.1. The van der Waals surface area contributed by atoms with Crippen molar-refractivity contribution in [2.24, 2.45) is 0 Å². The minimum absolute atomic E-state index is 0.0762. The summed E-state index contributed by atoms with van der Waals surface area (Å²) < 4.78 is 0. The van der Waals surface area contributed by atoms with E-state index >= 15 is 0 Å². The van der Waals surface area contributed by atoms with E-state index in [-0.39, 0.29) is 11.8 Å². The zero-order valence-electron chi connectivity index (χ0n) is 16.6. The minimum atomic E-state index is -0.146. The number of unbranched alkanes of at least 4 members (excludes halogenated alkanes) is 1. The van der Waals surface area contributed by atoms with Gasteiger partial charge in [-0.15, -0.1) is 11.8 Å². The van der Waals surface area contributed by atoms with Crippen molar-refractivity contribution in [3.05, 3.63) is 60.2 Å². The highest BCUT2D eigenvalue weighted by atomic mass is 32.2. The Morgan fingerprint density at radius 3 is 2.28 bits per heavy atom. The average Bonchev–Trinajstić information content (AvgIpc) is 2.89. The average molecular weight is 410 g/mol. The van der Waals surface area contributed by atoms with Crippen LogP contribution < -0.4 is 4.90 Å². The topological polar surface area (TPSA) is 43.9 Å². The molecule has 2 aliphatic rings. The largest absolute Gasteiger partial charge is 0.369 e. The van der Waals surface area contributed by atoms with Gasteiger partial charge in [-0.3, -0.25) is 19.4 Å². The lowest BCUT2D eigenvalue weighted by Crippen LogP contribution is -2.46. The Hall–Kier alpha value is -2.31. The number of nitrogens with zero attached hydrogens (tertiary/aromatic N) is 3. The van der Waals surface area contributed by atoms with Crippen molar-refractivity contribution in [3.8, 4) is 0 Å². The molecule has 2 amide bonds. The summed E-state index contributed by atoms with van der Waals surface area (Å²) >= 11 is 1.46. The predicted octanol–water partition coefficient (Wildman–Crippen LogP) is 3.36. The summed E-state index contributed by atoms with van der Waals surface area (Å²) in [5.41, 5.74) is 1.95. The fourth-order valence-electron chi connectivity index (χ4n) is 3.95. The van der Waals surface area contributed by atoms with Gasteiger partial charge in [0.05, 0.1) is 11.3 Å². The molecule has 4 rings (SSSR count). The number of para-hydroxylation sites is 1. The normalized spacial score (nSPS) is 17.9. The molecule has 5 nitrogen and oxygen atoms in total. The van der Waals surface area contributed by atoms with Crippen molar-refractivity contribution in [1.29, 1.82) is 0 Å². The van der Waals surface area contributed by atoms with Gasteiger partial charge < -0.3 is 4.90 Å².